The molecule has 5 nitrogen and oxygen atoms in total. The van der Waals surface area contributed by atoms with E-state index in [0.717, 1.165) is 30.4 Å². The first-order valence-corrected chi connectivity index (χ1v) is 7.17. The first-order chi connectivity index (χ1) is 10.7. The molecule has 0 fully saturated rings. The molecule has 0 bridgehead atoms. The van der Waals surface area contributed by atoms with Crippen molar-refractivity contribution in [3.8, 4) is 6.07 Å². The van der Waals surface area contributed by atoms with Gasteiger partial charge in [-0.15, -0.1) is 0 Å². The number of nitriles is 1. The quantitative estimate of drug-likeness (QED) is 0.828. The van der Waals surface area contributed by atoms with Gasteiger partial charge < -0.3 is 14.9 Å². The van der Waals surface area contributed by atoms with Crippen LogP contribution in [-0.2, 0) is 17.6 Å². The van der Waals surface area contributed by atoms with Crippen molar-refractivity contribution in [2.75, 3.05) is 12.3 Å². The van der Waals surface area contributed by atoms with Crippen LogP contribution in [0.5, 0.6) is 0 Å². The number of anilines is 1. The van der Waals surface area contributed by atoms with Gasteiger partial charge in [0.1, 0.15) is 11.6 Å². The topological polar surface area (TPSA) is 89.2 Å². The molecule has 0 amide bonds. The highest BCUT2D eigenvalue weighted by Crippen LogP contribution is 2.20. The summed E-state index contributed by atoms with van der Waals surface area (Å²) in [6.45, 7) is 2.15. The maximum Gasteiger partial charge on any atom is 0.338 e. The van der Waals surface area contributed by atoms with Crippen molar-refractivity contribution in [1.29, 1.82) is 5.26 Å². The van der Waals surface area contributed by atoms with E-state index in [1.54, 1.807) is 19.1 Å². The molecular formula is C17H18N2O3. The van der Waals surface area contributed by atoms with Crippen molar-refractivity contribution in [3.63, 3.8) is 0 Å². The van der Waals surface area contributed by atoms with Crippen LogP contribution in [0.4, 0.5) is 5.88 Å². The van der Waals surface area contributed by atoms with Gasteiger partial charge in [-0.2, -0.15) is 5.26 Å². The number of hydrogen-bond acceptors (Lipinski definition) is 5. The fourth-order valence-corrected chi connectivity index (χ4v) is 2.23. The summed E-state index contributed by atoms with van der Waals surface area (Å²) in [7, 11) is 0. The summed E-state index contributed by atoms with van der Waals surface area (Å²) in [4.78, 5) is 11.6. The molecule has 0 aliphatic rings. The summed E-state index contributed by atoms with van der Waals surface area (Å²) < 4.78 is 10.0. The number of nitrogens with zero attached hydrogens (tertiary/aromatic N) is 1. The van der Waals surface area contributed by atoms with Crippen LogP contribution in [0.3, 0.4) is 0 Å². The number of nitrogen functional groups attached to an aromatic ring is 1. The highest BCUT2D eigenvalue weighted by atomic mass is 16.5. The molecule has 1 heterocycles. The highest BCUT2D eigenvalue weighted by Gasteiger charge is 2.10. The Labute approximate surface area is 129 Å². The summed E-state index contributed by atoms with van der Waals surface area (Å²) in [5.41, 5.74) is 8.52. The van der Waals surface area contributed by atoms with Gasteiger partial charge in [-0.3, -0.25) is 0 Å². The lowest BCUT2D eigenvalue weighted by Gasteiger charge is -2.04. The highest BCUT2D eigenvalue weighted by molar-refractivity contribution is 5.89. The van der Waals surface area contributed by atoms with E-state index in [9.17, 15) is 4.79 Å². The molecule has 0 saturated heterocycles. The predicted octanol–water partition coefficient (Wildman–Crippen LogP) is 3.09. The molecule has 0 atom stereocenters. The molecule has 0 saturated carbocycles. The van der Waals surface area contributed by atoms with E-state index in [1.807, 2.05) is 12.1 Å². The van der Waals surface area contributed by atoms with E-state index in [1.165, 1.54) is 6.26 Å². The Morgan fingerprint density at radius 3 is 2.68 bits per heavy atom. The molecule has 0 radical (unpaired) electrons. The first kappa shape index (κ1) is 15.6. The second-order valence-corrected chi connectivity index (χ2v) is 4.88. The van der Waals surface area contributed by atoms with Crippen molar-refractivity contribution in [1.82, 2.24) is 0 Å². The smallest absolute Gasteiger partial charge is 0.338 e. The second-order valence-electron chi connectivity index (χ2n) is 4.88. The van der Waals surface area contributed by atoms with E-state index >= 15 is 0 Å². The summed E-state index contributed by atoms with van der Waals surface area (Å²) in [6.07, 6.45) is 3.98. The third kappa shape index (κ3) is 3.67. The van der Waals surface area contributed by atoms with Gasteiger partial charge in [-0.25, -0.2) is 4.79 Å². The van der Waals surface area contributed by atoms with Crippen LogP contribution in [0.1, 0.15) is 40.4 Å². The Balaban J connectivity index is 1.90. The Morgan fingerprint density at radius 1 is 1.32 bits per heavy atom. The Hall–Kier alpha value is -2.74. The maximum absolute atomic E-state index is 11.6. The van der Waals surface area contributed by atoms with Crippen LogP contribution in [0.2, 0.25) is 0 Å². The van der Waals surface area contributed by atoms with Gasteiger partial charge in [-0.1, -0.05) is 12.1 Å². The third-order valence-corrected chi connectivity index (χ3v) is 3.38. The van der Waals surface area contributed by atoms with E-state index in [-0.39, 0.29) is 11.9 Å². The minimum Gasteiger partial charge on any atom is -0.462 e. The average Bonchev–Trinajstić information content (AvgIpc) is 2.88. The van der Waals surface area contributed by atoms with Crippen LogP contribution in [-0.4, -0.2) is 12.6 Å². The lowest BCUT2D eigenvalue weighted by Crippen LogP contribution is -2.04. The summed E-state index contributed by atoms with van der Waals surface area (Å²) in [5.74, 6) is -0.127. The number of aryl methyl sites for hydroxylation is 2. The van der Waals surface area contributed by atoms with E-state index in [2.05, 4.69) is 6.07 Å². The van der Waals surface area contributed by atoms with Gasteiger partial charge in [0.2, 0.25) is 5.88 Å². The molecule has 2 rings (SSSR count). The first-order valence-electron chi connectivity index (χ1n) is 7.17. The standard InChI is InChI=1S/C17H18N2O3/c1-2-21-17(20)13-8-6-12(7-9-13)4-3-5-14-11-22-16(19)15(14)10-18/h6-9,11H,2-5,19H2,1H3. The molecule has 0 aliphatic heterocycles. The molecule has 1 aromatic heterocycles. The van der Waals surface area contributed by atoms with Crippen molar-refractivity contribution in [2.24, 2.45) is 0 Å². The number of nitrogens with two attached hydrogens (primary N) is 1. The number of ether oxygens (including phenoxy) is 1. The molecule has 5 heteroatoms. The molecule has 0 unspecified atom stereocenters. The monoisotopic (exact) mass is 298 g/mol. The molecule has 0 spiro atoms. The second kappa shape index (κ2) is 7.32. The predicted molar refractivity (Wildman–Crippen MR) is 82.3 cm³/mol. The molecule has 22 heavy (non-hydrogen) atoms. The van der Waals surface area contributed by atoms with Gasteiger partial charge >= 0.3 is 5.97 Å². The van der Waals surface area contributed by atoms with Gasteiger partial charge in [0, 0.05) is 5.56 Å². The third-order valence-electron chi connectivity index (χ3n) is 3.38. The number of furan rings is 1. The van der Waals surface area contributed by atoms with Crippen LogP contribution < -0.4 is 5.73 Å². The van der Waals surface area contributed by atoms with Crippen LogP contribution in [0.15, 0.2) is 34.9 Å². The minimum absolute atomic E-state index is 0.177. The van der Waals surface area contributed by atoms with Crippen LogP contribution in [0.25, 0.3) is 0 Å². The largest absolute Gasteiger partial charge is 0.462 e. The summed E-state index contributed by atoms with van der Waals surface area (Å²) in [5, 5.41) is 9.00. The van der Waals surface area contributed by atoms with Gasteiger partial charge in [-0.05, 0) is 43.9 Å². The van der Waals surface area contributed by atoms with Gasteiger partial charge in [0.15, 0.2) is 0 Å². The van der Waals surface area contributed by atoms with Gasteiger partial charge in [0.25, 0.3) is 0 Å². The van der Waals surface area contributed by atoms with Crippen LogP contribution >= 0.6 is 0 Å². The summed E-state index contributed by atoms with van der Waals surface area (Å²) in [6, 6.07) is 9.43. The molecule has 0 aliphatic carbocycles. The van der Waals surface area contributed by atoms with Crippen LogP contribution in [0, 0.1) is 11.3 Å². The van der Waals surface area contributed by atoms with Crippen molar-refractivity contribution in [3.05, 3.63) is 52.8 Å². The van der Waals surface area contributed by atoms with E-state index in [0.29, 0.717) is 17.7 Å². The van der Waals surface area contributed by atoms with Gasteiger partial charge in [0.05, 0.1) is 18.4 Å². The molecule has 2 N–H and O–H groups in total. The molecule has 114 valence electrons. The zero-order valence-electron chi connectivity index (χ0n) is 12.5. The molecule has 1 aromatic carbocycles. The zero-order valence-corrected chi connectivity index (χ0v) is 12.5. The number of carbonyl (C=O) groups is 1. The molecule has 2 aromatic rings. The number of rotatable bonds is 6. The van der Waals surface area contributed by atoms with Crippen molar-refractivity contribution >= 4 is 11.9 Å². The number of carbonyl (C=O) groups excluding carboxylic acids is 1. The molecular weight excluding hydrogens is 280 g/mol. The fraction of sp³-hybridized carbons (Fsp3) is 0.294. The summed E-state index contributed by atoms with van der Waals surface area (Å²) >= 11 is 0. The maximum atomic E-state index is 11.6. The number of benzene rings is 1. The zero-order chi connectivity index (χ0) is 15.9. The normalized spacial score (nSPS) is 10.2. The minimum atomic E-state index is -0.304. The number of esters is 1. The SMILES string of the molecule is CCOC(=O)c1ccc(CCCc2coc(N)c2C#N)cc1. The average molecular weight is 298 g/mol. The fourth-order valence-electron chi connectivity index (χ4n) is 2.23. The van der Waals surface area contributed by atoms with E-state index < -0.39 is 0 Å². The van der Waals surface area contributed by atoms with E-state index in [4.69, 9.17) is 20.1 Å². The Morgan fingerprint density at radius 2 is 2.05 bits per heavy atom. The Kier molecular flexibility index (Phi) is 5.21. The van der Waals surface area contributed by atoms with Crippen molar-refractivity contribution < 1.29 is 13.9 Å². The Bertz CT molecular complexity index is 681. The lowest BCUT2D eigenvalue weighted by atomic mass is 10.0. The van der Waals surface area contributed by atoms with Crippen molar-refractivity contribution in [2.45, 2.75) is 26.2 Å². The number of hydrogen-bond donors (Lipinski definition) is 1. The lowest BCUT2D eigenvalue weighted by molar-refractivity contribution is 0.0526.